The van der Waals surface area contributed by atoms with E-state index in [1.807, 2.05) is 0 Å². The van der Waals surface area contributed by atoms with E-state index in [0.29, 0.717) is 4.47 Å². The average Bonchev–Trinajstić information content (AvgIpc) is 2.14. The van der Waals surface area contributed by atoms with Crippen LogP contribution in [0.5, 0.6) is 0 Å². The predicted octanol–water partition coefficient (Wildman–Crippen LogP) is 0.883. The number of carbonyl (C=O) groups excluding carboxylic acids is 1. The summed E-state index contributed by atoms with van der Waals surface area (Å²) in [6.07, 6.45) is 0. The van der Waals surface area contributed by atoms with E-state index in [4.69, 9.17) is 5.14 Å². The maximum absolute atomic E-state index is 11.3. The lowest BCUT2D eigenvalue weighted by atomic mass is 10.2. The van der Waals surface area contributed by atoms with Gasteiger partial charge in [-0.25, -0.2) is 18.4 Å². The van der Waals surface area contributed by atoms with Gasteiger partial charge in [0.15, 0.2) is 0 Å². The van der Waals surface area contributed by atoms with Crippen molar-refractivity contribution in [2.24, 2.45) is 5.14 Å². The molecule has 0 aliphatic heterocycles. The molecule has 2 N–H and O–H groups in total. The van der Waals surface area contributed by atoms with E-state index in [9.17, 15) is 13.2 Å². The summed E-state index contributed by atoms with van der Waals surface area (Å²) in [4.78, 5) is 11.0. The highest BCUT2D eigenvalue weighted by atomic mass is 79.9. The van der Waals surface area contributed by atoms with Gasteiger partial charge < -0.3 is 4.74 Å². The molecule has 0 saturated carbocycles. The summed E-state index contributed by atoms with van der Waals surface area (Å²) in [5, 5.41) is 4.95. The number of esters is 1. The summed E-state index contributed by atoms with van der Waals surface area (Å²) < 4.78 is 27.3. The van der Waals surface area contributed by atoms with E-state index in [-0.39, 0.29) is 10.5 Å². The Morgan fingerprint density at radius 1 is 1.47 bits per heavy atom. The third-order valence-electron chi connectivity index (χ3n) is 1.65. The number of methoxy groups -OCH3 is 1. The molecule has 1 rings (SSSR count). The minimum Gasteiger partial charge on any atom is -0.465 e. The van der Waals surface area contributed by atoms with Crippen LogP contribution >= 0.6 is 15.9 Å². The fraction of sp³-hybridized carbons (Fsp3) is 0.125. The minimum atomic E-state index is -3.93. The number of carbonyl (C=O) groups is 1. The molecule has 5 nitrogen and oxygen atoms in total. The van der Waals surface area contributed by atoms with Gasteiger partial charge in [-0.15, -0.1) is 0 Å². The zero-order chi connectivity index (χ0) is 11.6. The minimum absolute atomic E-state index is 0.0885. The van der Waals surface area contributed by atoms with Crippen molar-refractivity contribution < 1.29 is 17.9 Å². The van der Waals surface area contributed by atoms with Crippen molar-refractivity contribution in [1.29, 1.82) is 0 Å². The lowest BCUT2D eigenvalue weighted by Crippen LogP contribution is -2.17. The Kier molecular flexibility index (Phi) is 3.48. The Balaban J connectivity index is 3.47. The number of hydrogen-bond donors (Lipinski definition) is 1. The molecule has 0 atom stereocenters. The third kappa shape index (κ3) is 2.77. The molecular formula is C8H8BrNO4S. The molecule has 1 aromatic carbocycles. The van der Waals surface area contributed by atoms with Crippen LogP contribution < -0.4 is 5.14 Å². The monoisotopic (exact) mass is 293 g/mol. The van der Waals surface area contributed by atoms with Crippen LogP contribution in [0.25, 0.3) is 0 Å². The maximum atomic E-state index is 11.3. The van der Waals surface area contributed by atoms with Crippen LogP contribution in [-0.4, -0.2) is 21.5 Å². The summed E-state index contributed by atoms with van der Waals surface area (Å²) in [6, 6.07) is 4.06. The first-order chi connectivity index (χ1) is 6.86. The van der Waals surface area contributed by atoms with Crippen molar-refractivity contribution in [1.82, 2.24) is 0 Å². The Morgan fingerprint density at radius 2 is 2.07 bits per heavy atom. The average molecular weight is 294 g/mol. The zero-order valence-electron chi connectivity index (χ0n) is 7.73. The highest BCUT2D eigenvalue weighted by Gasteiger charge is 2.19. The van der Waals surface area contributed by atoms with Crippen molar-refractivity contribution in [2.75, 3.05) is 7.11 Å². The lowest BCUT2D eigenvalue weighted by molar-refractivity contribution is 0.0596. The van der Waals surface area contributed by atoms with Crippen LogP contribution in [-0.2, 0) is 14.8 Å². The number of hydrogen-bond acceptors (Lipinski definition) is 4. The second-order valence-electron chi connectivity index (χ2n) is 2.68. The molecule has 0 radical (unpaired) electrons. The fourth-order valence-corrected chi connectivity index (χ4v) is 2.09. The molecule has 0 aromatic heterocycles. The fourth-order valence-electron chi connectivity index (χ4n) is 1.02. The molecule has 0 aliphatic rings. The summed E-state index contributed by atoms with van der Waals surface area (Å²) in [7, 11) is -2.76. The van der Waals surface area contributed by atoms with Crippen molar-refractivity contribution in [3.05, 3.63) is 28.2 Å². The summed E-state index contributed by atoms with van der Waals surface area (Å²) in [6.45, 7) is 0. The predicted molar refractivity (Wildman–Crippen MR) is 56.9 cm³/mol. The molecule has 7 heteroatoms. The van der Waals surface area contributed by atoms with E-state index >= 15 is 0 Å². The number of rotatable bonds is 2. The van der Waals surface area contributed by atoms with Gasteiger partial charge in [0.05, 0.1) is 17.6 Å². The van der Waals surface area contributed by atoms with Gasteiger partial charge >= 0.3 is 5.97 Å². The largest absolute Gasteiger partial charge is 0.465 e. The van der Waals surface area contributed by atoms with E-state index in [0.717, 1.165) is 7.11 Å². The highest BCUT2D eigenvalue weighted by Crippen LogP contribution is 2.20. The molecule has 0 unspecified atom stereocenters. The summed E-state index contributed by atoms with van der Waals surface area (Å²) in [5.74, 6) is -0.750. The second kappa shape index (κ2) is 4.30. The Bertz CT molecular complexity index is 497. The number of sulfonamides is 1. The highest BCUT2D eigenvalue weighted by molar-refractivity contribution is 9.10. The zero-order valence-corrected chi connectivity index (χ0v) is 10.1. The molecule has 0 spiro atoms. The summed E-state index contributed by atoms with van der Waals surface area (Å²) >= 11 is 3.12. The van der Waals surface area contributed by atoms with Gasteiger partial charge in [-0.1, -0.05) is 15.9 Å². The van der Waals surface area contributed by atoms with Gasteiger partial charge in [-0.05, 0) is 18.2 Å². The molecule has 0 saturated heterocycles. The Hall–Kier alpha value is -0.920. The number of nitrogens with two attached hydrogens (primary N) is 1. The lowest BCUT2D eigenvalue weighted by Gasteiger charge is -2.05. The van der Waals surface area contributed by atoms with Crippen LogP contribution in [0.3, 0.4) is 0 Å². The maximum Gasteiger partial charge on any atom is 0.339 e. The quantitative estimate of drug-likeness (QED) is 0.820. The van der Waals surface area contributed by atoms with Crippen molar-refractivity contribution >= 4 is 31.9 Å². The van der Waals surface area contributed by atoms with Gasteiger partial charge in [0, 0.05) is 4.47 Å². The standard InChI is InChI=1S/C8H8BrNO4S/c1-14-8(11)6-4-5(9)2-3-7(6)15(10,12)13/h2-4H,1H3,(H2,10,12,13). The van der Waals surface area contributed by atoms with Gasteiger partial charge in [-0.3, -0.25) is 0 Å². The van der Waals surface area contributed by atoms with Crippen LogP contribution in [0.2, 0.25) is 0 Å². The van der Waals surface area contributed by atoms with Crippen LogP contribution in [0.4, 0.5) is 0 Å². The first-order valence-corrected chi connectivity index (χ1v) is 6.11. The molecule has 0 heterocycles. The molecule has 0 amide bonds. The smallest absolute Gasteiger partial charge is 0.339 e. The van der Waals surface area contributed by atoms with Crippen molar-refractivity contribution in [2.45, 2.75) is 4.90 Å². The van der Waals surface area contributed by atoms with Crippen LogP contribution in [0.1, 0.15) is 10.4 Å². The molecule has 1 aromatic rings. The van der Waals surface area contributed by atoms with Crippen molar-refractivity contribution in [3.63, 3.8) is 0 Å². The van der Waals surface area contributed by atoms with Gasteiger partial charge in [0.25, 0.3) is 0 Å². The first kappa shape index (κ1) is 12.2. The molecule has 15 heavy (non-hydrogen) atoms. The molecule has 82 valence electrons. The molecule has 0 fully saturated rings. The van der Waals surface area contributed by atoms with Gasteiger partial charge in [0.2, 0.25) is 10.0 Å². The Labute approximate surface area is 95.4 Å². The molecular weight excluding hydrogens is 286 g/mol. The first-order valence-electron chi connectivity index (χ1n) is 3.77. The second-order valence-corrected chi connectivity index (χ2v) is 5.12. The number of halogens is 1. The number of primary sulfonamides is 1. The van der Waals surface area contributed by atoms with Crippen LogP contribution in [0.15, 0.2) is 27.6 Å². The normalized spacial score (nSPS) is 11.1. The van der Waals surface area contributed by atoms with E-state index in [2.05, 4.69) is 20.7 Å². The third-order valence-corrected chi connectivity index (χ3v) is 3.12. The SMILES string of the molecule is COC(=O)c1cc(Br)ccc1S(N)(=O)=O. The van der Waals surface area contributed by atoms with E-state index in [1.54, 1.807) is 0 Å². The van der Waals surface area contributed by atoms with E-state index in [1.165, 1.54) is 18.2 Å². The van der Waals surface area contributed by atoms with E-state index < -0.39 is 16.0 Å². The molecule has 0 bridgehead atoms. The van der Waals surface area contributed by atoms with Gasteiger partial charge in [-0.2, -0.15) is 0 Å². The Morgan fingerprint density at radius 3 is 2.53 bits per heavy atom. The number of ether oxygens (including phenoxy) is 1. The summed E-state index contributed by atoms with van der Waals surface area (Å²) in [5.41, 5.74) is -0.0885. The number of benzene rings is 1. The van der Waals surface area contributed by atoms with Crippen LogP contribution in [0, 0.1) is 0 Å². The topological polar surface area (TPSA) is 86.5 Å². The van der Waals surface area contributed by atoms with Crippen molar-refractivity contribution in [3.8, 4) is 0 Å². The van der Waals surface area contributed by atoms with Gasteiger partial charge in [0.1, 0.15) is 0 Å². The molecule has 0 aliphatic carbocycles.